The minimum Gasteiger partial charge on any atom is -0.457 e. The summed E-state index contributed by atoms with van der Waals surface area (Å²) in [4.78, 5) is 0. The highest BCUT2D eigenvalue weighted by atomic mass is 32.2. The second kappa shape index (κ2) is 6.71. The highest BCUT2D eigenvalue weighted by Crippen LogP contribution is 2.42. The molecule has 0 unspecified atom stereocenters. The van der Waals surface area contributed by atoms with Gasteiger partial charge in [-0.2, -0.15) is 0 Å². The SMILES string of the molecule is C#CCSCCNC1c2ccccc2Oc2ccccc21. The van der Waals surface area contributed by atoms with Crippen molar-refractivity contribution in [3.8, 4) is 23.8 Å². The van der Waals surface area contributed by atoms with E-state index in [1.165, 1.54) is 11.1 Å². The first-order valence-corrected chi connectivity index (χ1v) is 8.16. The minimum atomic E-state index is 0.178. The van der Waals surface area contributed by atoms with Gasteiger partial charge in [-0.1, -0.05) is 42.3 Å². The lowest BCUT2D eigenvalue weighted by molar-refractivity contribution is 0.431. The van der Waals surface area contributed by atoms with Gasteiger partial charge < -0.3 is 10.1 Å². The van der Waals surface area contributed by atoms with Crippen molar-refractivity contribution in [2.75, 3.05) is 18.1 Å². The average Bonchev–Trinajstić information content (AvgIpc) is 2.53. The molecule has 0 fully saturated rings. The topological polar surface area (TPSA) is 21.3 Å². The number of nitrogens with one attached hydrogen (secondary N) is 1. The molecule has 21 heavy (non-hydrogen) atoms. The molecule has 0 amide bonds. The first-order chi connectivity index (χ1) is 10.4. The fraction of sp³-hybridized carbons (Fsp3) is 0.222. The van der Waals surface area contributed by atoms with E-state index in [-0.39, 0.29) is 6.04 Å². The summed E-state index contributed by atoms with van der Waals surface area (Å²) in [5.41, 5.74) is 2.39. The third kappa shape index (κ3) is 3.07. The summed E-state index contributed by atoms with van der Waals surface area (Å²) >= 11 is 1.77. The molecule has 0 spiro atoms. The van der Waals surface area contributed by atoms with E-state index in [4.69, 9.17) is 11.2 Å². The van der Waals surface area contributed by atoms with E-state index in [9.17, 15) is 0 Å². The fourth-order valence-electron chi connectivity index (χ4n) is 2.54. The third-order valence-corrected chi connectivity index (χ3v) is 4.32. The van der Waals surface area contributed by atoms with Crippen LogP contribution in [-0.2, 0) is 0 Å². The molecule has 2 nitrogen and oxygen atoms in total. The zero-order valence-electron chi connectivity index (χ0n) is 11.7. The van der Waals surface area contributed by atoms with Crippen LogP contribution in [0.15, 0.2) is 48.5 Å². The first kappa shape index (κ1) is 14.1. The summed E-state index contributed by atoms with van der Waals surface area (Å²) in [6.07, 6.45) is 5.27. The standard InChI is InChI=1S/C18H17NOS/c1-2-12-21-13-11-19-18-14-7-3-5-9-16(14)20-17-10-6-4-8-15(17)18/h1,3-10,18-19H,11-13H2. The molecular weight excluding hydrogens is 278 g/mol. The Morgan fingerprint density at radius 1 is 1.05 bits per heavy atom. The normalized spacial score (nSPS) is 12.9. The summed E-state index contributed by atoms with van der Waals surface area (Å²) < 4.78 is 5.98. The van der Waals surface area contributed by atoms with Crippen molar-refractivity contribution in [3.63, 3.8) is 0 Å². The van der Waals surface area contributed by atoms with Crippen LogP contribution in [0.25, 0.3) is 0 Å². The quantitative estimate of drug-likeness (QED) is 0.669. The van der Waals surface area contributed by atoms with Crippen LogP contribution < -0.4 is 10.1 Å². The Balaban J connectivity index is 1.80. The van der Waals surface area contributed by atoms with Crippen molar-refractivity contribution in [2.24, 2.45) is 0 Å². The van der Waals surface area contributed by atoms with Crippen LogP contribution in [-0.4, -0.2) is 18.1 Å². The van der Waals surface area contributed by atoms with Crippen LogP contribution in [0.2, 0.25) is 0 Å². The number of rotatable bonds is 5. The lowest BCUT2D eigenvalue weighted by Gasteiger charge is -2.28. The Kier molecular flexibility index (Phi) is 4.49. The second-order valence-corrected chi connectivity index (χ2v) is 5.93. The maximum Gasteiger partial charge on any atom is 0.132 e. The smallest absolute Gasteiger partial charge is 0.132 e. The average molecular weight is 295 g/mol. The monoisotopic (exact) mass is 295 g/mol. The van der Waals surface area contributed by atoms with Gasteiger partial charge in [0.25, 0.3) is 0 Å². The van der Waals surface area contributed by atoms with Crippen molar-refractivity contribution in [1.82, 2.24) is 5.32 Å². The van der Waals surface area contributed by atoms with Gasteiger partial charge >= 0.3 is 0 Å². The zero-order valence-corrected chi connectivity index (χ0v) is 12.5. The van der Waals surface area contributed by atoms with Gasteiger partial charge in [-0.05, 0) is 12.1 Å². The van der Waals surface area contributed by atoms with Crippen molar-refractivity contribution < 1.29 is 4.74 Å². The number of para-hydroxylation sites is 2. The Labute approximate surface area is 129 Å². The molecule has 1 aliphatic heterocycles. The number of terminal acetylenes is 1. The molecule has 0 atom stereocenters. The second-order valence-electron chi connectivity index (χ2n) is 4.82. The summed E-state index contributed by atoms with van der Waals surface area (Å²) in [6.45, 7) is 0.916. The lowest BCUT2D eigenvalue weighted by Crippen LogP contribution is -2.27. The zero-order chi connectivity index (χ0) is 14.5. The van der Waals surface area contributed by atoms with Crippen LogP contribution in [0, 0.1) is 12.3 Å². The molecule has 0 saturated carbocycles. The van der Waals surface area contributed by atoms with E-state index in [0.717, 1.165) is 29.5 Å². The first-order valence-electron chi connectivity index (χ1n) is 7.00. The van der Waals surface area contributed by atoms with E-state index in [0.29, 0.717) is 0 Å². The van der Waals surface area contributed by atoms with E-state index in [1.807, 2.05) is 24.3 Å². The number of ether oxygens (including phenoxy) is 1. The van der Waals surface area contributed by atoms with Gasteiger partial charge in [0.15, 0.2) is 0 Å². The van der Waals surface area contributed by atoms with Crippen molar-refractivity contribution in [2.45, 2.75) is 6.04 Å². The molecule has 0 saturated heterocycles. The molecule has 0 bridgehead atoms. The summed E-state index contributed by atoms with van der Waals surface area (Å²) in [5, 5.41) is 3.62. The Morgan fingerprint density at radius 3 is 2.29 bits per heavy atom. The molecular formula is C18H17NOS. The molecule has 2 aromatic carbocycles. The van der Waals surface area contributed by atoms with Crippen molar-refractivity contribution in [3.05, 3.63) is 59.7 Å². The van der Waals surface area contributed by atoms with Crippen LogP contribution in [0.1, 0.15) is 17.2 Å². The Hall–Kier alpha value is -1.89. The molecule has 106 valence electrons. The Bertz CT molecular complexity index is 617. The largest absolute Gasteiger partial charge is 0.457 e. The predicted molar refractivity (Wildman–Crippen MR) is 89.0 cm³/mol. The molecule has 1 aliphatic rings. The van der Waals surface area contributed by atoms with Crippen LogP contribution in [0.4, 0.5) is 0 Å². The molecule has 1 N–H and O–H groups in total. The van der Waals surface area contributed by atoms with Gasteiger partial charge in [0, 0.05) is 23.4 Å². The van der Waals surface area contributed by atoms with Gasteiger partial charge in [-0.3, -0.25) is 0 Å². The van der Waals surface area contributed by atoms with E-state index >= 15 is 0 Å². The molecule has 3 heteroatoms. The third-order valence-electron chi connectivity index (χ3n) is 3.46. The van der Waals surface area contributed by atoms with Crippen molar-refractivity contribution >= 4 is 11.8 Å². The van der Waals surface area contributed by atoms with Crippen LogP contribution in [0.5, 0.6) is 11.5 Å². The fourth-order valence-corrected chi connectivity index (χ4v) is 3.06. The lowest BCUT2D eigenvalue weighted by atomic mass is 9.94. The maximum absolute atomic E-state index is 5.98. The van der Waals surface area contributed by atoms with Gasteiger partial charge in [-0.25, -0.2) is 0 Å². The van der Waals surface area contributed by atoms with Gasteiger partial charge in [0.2, 0.25) is 0 Å². The molecule has 0 aliphatic carbocycles. The number of hydrogen-bond donors (Lipinski definition) is 1. The molecule has 3 rings (SSSR count). The molecule has 2 aromatic rings. The van der Waals surface area contributed by atoms with E-state index in [2.05, 4.69) is 35.5 Å². The molecule has 1 heterocycles. The summed E-state index contributed by atoms with van der Waals surface area (Å²) in [5.74, 6) is 6.30. The maximum atomic E-state index is 5.98. The summed E-state index contributed by atoms with van der Waals surface area (Å²) in [7, 11) is 0. The van der Waals surface area contributed by atoms with Crippen molar-refractivity contribution in [1.29, 1.82) is 0 Å². The number of thioether (sulfide) groups is 1. The summed E-state index contributed by atoms with van der Waals surface area (Å²) in [6, 6.07) is 16.6. The van der Waals surface area contributed by atoms with E-state index < -0.39 is 0 Å². The highest BCUT2D eigenvalue weighted by molar-refractivity contribution is 7.99. The number of fused-ring (bicyclic) bond motifs is 2. The van der Waals surface area contributed by atoms with Crippen LogP contribution >= 0.6 is 11.8 Å². The van der Waals surface area contributed by atoms with Crippen LogP contribution in [0.3, 0.4) is 0 Å². The highest BCUT2D eigenvalue weighted by Gasteiger charge is 2.25. The Morgan fingerprint density at radius 2 is 1.67 bits per heavy atom. The number of benzene rings is 2. The molecule has 0 aromatic heterocycles. The van der Waals surface area contributed by atoms with Gasteiger partial charge in [0.1, 0.15) is 11.5 Å². The predicted octanol–water partition coefficient (Wildman–Crippen LogP) is 3.84. The van der Waals surface area contributed by atoms with Gasteiger partial charge in [0.05, 0.1) is 11.8 Å². The molecule has 0 radical (unpaired) electrons. The van der Waals surface area contributed by atoms with E-state index in [1.54, 1.807) is 11.8 Å². The number of hydrogen-bond acceptors (Lipinski definition) is 3. The van der Waals surface area contributed by atoms with Gasteiger partial charge in [-0.15, -0.1) is 18.2 Å². The minimum absolute atomic E-state index is 0.178.